The van der Waals surface area contributed by atoms with Gasteiger partial charge in [-0.1, -0.05) is 13.8 Å². The van der Waals surface area contributed by atoms with Crippen LogP contribution < -0.4 is 0 Å². The first-order valence-electron chi connectivity index (χ1n) is 9.31. The molecule has 0 aliphatic heterocycles. The molecule has 4 rings (SSSR count). The van der Waals surface area contributed by atoms with Crippen molar-refractivity contribution in [2.75, 3.05) is 0 Å². The Hall–Kier alpha value is -0.0800. The Morgan fingerprint density at radius 1 is 0.762 bits per heavy atom. The first-order valence-corrected chi connectivity index (χ1v) is 9.31. The number of aliphatic hydroxyl groups is 2. The Morgan fingerprint density at radius 3 is 2.29 bits per heavy atom. The van der Waals surface area contributed by atoms with Crippen LogP contribution in [0.4, 0.5) is 0 Å². The normalized spacial score (nSPS) is 60.0. The monoisotopic (exact) mass is 292 g/mol. The smallest absolute Gasteiger partial charge is 0.0596 e. The summed E-state index contributed by atoms with van der Waals surface area (Å²) in [6.07, 6.45) is 10.7. The molecule has 2 heteroatoms. The van der Waals surface area contributed by atoms with Crippen LogP contribution in [0.1, 0.15) is 71.6 Å². The summed E-state index contributed by atoms with van der Waals surface area (Å²) in [5, 5.41) is 20.5. The number of rotatable bonds is 0. The second-order valence-corrected chi connectivity index (χ2v) is 9.22. The van der Waals surface area contributed by atoms with Gasteiger partial charge >= 0.3 is 0 Å². The van der Waals surface area contributed by atoms with E-state index in [0.717, 1.165) is 42.9 Å². The van der Waals surface area contributed by atoms with Crippen molar-refractivity contribution in [1.82, 2.24) is 0 Å². The fraction of sp³-hybridized carbons (Fsp3) is 1.00. The molecular formula is C19H32O2. The van der Waals surface area contributed by atoms with Gasteiger partial charge in [-0.25, -0.2) is 0 Å². The molecule has 0 aromatic heterocycles. The molecule has 8 atom stereocenters. The molecule has 0 heterocycles. The molecular weight excluding hydrogens is 260 g/mol. The lowest BCUT2D eigenvalue weighted by atomic mass is 9.45. The minimum atomic E-state index is -0.0536. The van der Waals surface area contributed by atoms with Crippen molar-refractivity contribution in [2.24, 2.45) is 34.5 Å². The zero-order valence-electron chi connectivity index (χ0n) is 13.7. The molecule has 2 nitrogen and oxygen atoms in total. The third-order valence-electron chi connectivity index (χ3n) is 8.59. The second kappa shape index (κ2) is 4.71. The van der Waals surface area contributed by atoms with Gasteiger partial charge in [-0.15, -0.1) is 0 Å². The molecule has 0 aromatic rings. The van der Waals surface area contributed by atoms with Gasteiger partial charge in [-0.2, -0.15) is 0 Å². The van der Waals surface area contributed by atoms with Crippen LogP contribution in [0.25, 0.3) is 0 Å². The van der Waals surface area contributed by atoms with E-state index >= 15 is 0 Å². The van der Waals surface area contributed by atoms with E-state index in [-0.39, 0.29) is 17.6 Å². The second-order valence-electron chi connectivity index (χ2n) is 9.22. The summed E-state index contributed by atoms with van der Waals surface area (Å²) in [5.41, 5.74) is 0.676. The maximum absolute atomic E-state index is 10.5. The van der Waals surface area contributed by atoms with Crippen molar-refractivity contribution in [3.8, 4) is 0 Å². The lowest BCUT2D eigenvalue weighted by Gasteiger charge is -2.60. The highest BCUT2D eigenvalue weighted by Crippen LogP contribution is 2.66. The summed E-state index contributed by atoms with van der Waals surface area (Å²) in [5.74, 6) is 3.21. The summed E-state index contributed by atoms with van der Waals surface area (Å²) in [6, 6.07) is 0. The number of fused-ring (bicyclic) bond motifs is 5. The van der Waals surface area contributed by atoms with Gasteiger partial charge in [0, 0.05) is 0 Å². The fourth-order valence-electron chi connectivity index (χ4n) is 7.21. The van der Waals surface area contributed by atoms with Crippen molar-refractivity contribution in [3.63, 3.8) is 0 Å². The van der Waals surface area contributed by atoms with E-state index in [9.17, 15) is 10.2 Å². The third kappa shape index (κ3) is 1.91. The van der Waals surface area contributed by atoms with Crippen molar-refractivity contribution < 1.29 is 10.2 Å². The summed E-state index contributed by atoms with van der Waals surface area (Å²) < 4.78 is 0. The summed E-state index contributed by atoms with van der Waals surface area (Å²) in [7, 11) is 0. The highest BCUT2D eigenvalue weighted by Gasteiger charge is 2.59. The predicted molar refractivity (Wildman–Crippen MR) is 83.7 cm³/mol. The fourth-order valence-corrected chi connectivity index (χ4v) is 7.21. The maximum Gasteiger partial charge on any atom is 0.0596 e. The van der Waals surface area contributed by atoms with Crippen LogP contribution in [-0.2, 0) is 0 Å². The molecule has 21 heavy (non-hydrogen) atoms. The summed E-state index contributed by atoms with van der Waals surface area (Å²) in [6.45, 7) is 4.90. The van der Waals surface area contributed by atoms with E-state index in [0.29, 0.717) is 5.41 Å². The largest absolute Gasteiger partial charge is 0.393 e. The van der Waals surface area contributed by atoms with Crippen LogP contribution in [0.15, 0.2) is 0 Å². The van der Waals surface area contributed by atoms with Crippen LogP contribution in [0.2, 0.25) is 0 Å². The minimum Gasteiger partial charge on any atom is -0.393 e. The van der Waals surface area contributed by atoms with E-state index in [1.165, 1.54) is 38.5 Å². The lowest BCUT2D eigenvalue weighted by Crippen LogP contribution is -2.54. The van der Waals surface area contributed by atoms with Crippen LogP contribution in [0.3, 0.4) is 0 Å². The maximum atomic E-state index is 10.5. The molecule has 4 aliphatic carbocycles. The SMILES string of the molecule is C[C@]12CCC3C(CC[C@H]4CC(O)CC[C@]34C)C1CCC2O. The van der Waals surface area contributed by atoms with Gasteiger partial charge < -0.3 is 10.2 Å². The Balaban J connectivity index is 1.62. The van der Waals surface area contributed by atoms with Crippen molar-refractivity contribution in [1.29, 1.82) is 0 Å². The van der Waals surface area contributed by atoms with Gasteiger partial charge in [0.25, 0.3) is 0 Å². The van der Waals surface area contributed by atoms with E-state index in [1.807, 2.05) is 0 Å². The van der Waals surface area contributed by atoms with E-state index in [1.54, 1.807) is 0 Å². The molecule has 0 amide bonds. The Morgan fingerprint density at radius 2 is 1.48 bits per heavy atom. The third-order valence-corrected chi connectivity index (χ3v) is 8.59. The quantitative estimate of drug-likeness (QED) is 0.714. The summed E-state index contributed by atoms with van der Waals surface area (Å²) >= 11 is 0. The molecule has 0 bridgehead atoms. The Labute approximate surface area is 129 Å². The number of hydrogen-bond acceptors (Lipinski definition) is 2. The van der Waals surface area contributed by atoms with Crippen LogP contribution in [-0.4, -0.2) is 22.4 Å². The van der Waals surface area contributed by atoms with Crippen LogP contribution in [0, 0.1) is 34.5 Å². The highest BCUT2D eigenvalue weighted by molar-refractivity contribution is 5.09. The van der Waals surface area contributed by atoms with E-state index in [4.69, 9.17) is 0 Å². The van der Waals surface area contributed by atoms with Crippen LogP contribution in [0.5, 0.6) is 0 Å². The Kier molecular flexibility index (Phi) is 3.25. The highest BCUT2D eigenvalue weighted by atomic mass is 16.3. The van der Waals surface area contributed by atoms with Gasteiger partial charge in [0.2, 0.25) is 0 Å². The average Bonchev–Trinajstić information content (AvgIpc) is 2.76. The molecule has 2 N–H and O–H groups in total. The van der Waals surface area contributed by atoms with E-state index < -0.39 is 0 Å². The predicted octanol–water partition coefficient (Wildman–Crippen LogP) is 3.75. The topological polar surface area (TPSA) is 40.5 Å². The number of aliphatic hydroxyl groups excluding tert-OH is 2. The van der Waals surface area contributed by atoms with E-state index in [2.05, 4.69) is 13.8 Å². The minimum absolute atomic E-state index is 0.0400. The standard InChI is InChI=1S/C19H32O2/c1-18-9-7-13(20)11-12(18)3-4-14-15-5-6-17(21)19(15,2)10-8-16(14)18/h12-17,20-21H,3-11H2,1-2H3/t12-,13?,14?,15?,16?,17?,18-,19-/m0/s1. The zero-order valence-corrected chi connectivity index (χ0v) is 13.7. The average molecular weight is 292 g/mol. The molecule has 4 fully saturated rings. The molecule has 4 aliphatic rings. The first-order chi connectivity index (χ1) is 9.95. The van der Waals surface area contributed by atoms with Crippen molar-refractivity contribution >= 4 is 0 Å². The molecule has 0 spiro atoms. The van der Waals surface area contributed by atoms with Gasteiger partial charge in [0.05, 0.1) is 12.2 Å². The molecule has 0 aromatic carbocycles. The van der Waals surface area contributed by atoms with Gasteiger partial charge in [0.1, 0.15) is 0 Å². The van der Waals surface area contributed by atoms with Gasteiger partial charge in [-0.3, -0.25) is 0 Å². The molecule has 4 saturated carbocycles. The Bertz CT molecular complexity index is 422. The molecule has 120 valence electrons. The lowest BCUT2D eigenvalue weighted by molar-refractivity contribution is -0.133. The van der Waals surface area contributed by atoms with Gasteiger partial charge in [-0.05, 0) is 92.3 Å². The molecule has 0 saturated heterocycles. The number of hydrogen-bond donors (Lipinski definition) is 2. The van der Waals surface area contributed by atoms with Gasteiger partial charge in [0.15, 0.2) is 0 Å². The molecule has 0 radical (unpaired) electrons. The summed E-state index contributed by atoms with van der Waals surface area (Å²) in [4.78, 5) is 0. The van der Waals surface area contributed by atoms with Crippen LogP contribution >= 0.6 is 0 Å². The zero-order chi connectivity index (χ0) is 14.8. The van der Waals surface area contributed by atoms with Crippen molar-refractivity contribution in [2.45, 2.75) is 83.8 Å². The first kappa shape index (κ1) is 14.5. The van der Waals surface area contributed by atoms with Crippen molar-refractivity contribution in [3.05, 3.63) is 0 Å². The molecule has 5 unspecified atom stereocenters.